The van der Waals surface area contributed by atoms with Crippen molar-refractivity contribution in [2.24, 2.45) is 0 Å². The van der Waals surface area contributed by atoms with Gasteiger partial charge in [0.25, 0.3) is 0 Å². The van der Waals surface area contributed by atoms with Crippen molar-refractivity contribution in [1.29, 1.82) is 0 Å². The molecule has 25 heavy (non-hydrogen) atoms. The Morgan fingerprint density at radius 1 is 1.24 bits per heavy atom. The smallest absolute Gasteiger partial charge is 0.351 e. The van der Waals surface area contributed by atoms with E-state index in [-0.39, 0.29) is 23.6 Å². The maximum atomic E-state index is 11.1. The lowest BCUT2D eigenvalue weighted by Crippen LogP contribution is -2.84. The van der Waals surface area contributed by atoms with Crippen LogP contribution in [0.15, 0.2) is 41.6 Å². The van der Waals surface area contributed by atoms with Crippen molar-refractivity contribution in [2.45, 2.75) is 18.9 Å². The molecule has 2 rings (SSSR count). The molecule has 0 amide bonds. The first-order valence-electron chi connectivity index (χ1n) is 7.82. The third-order valence-corrected chi connectivity index (χ3v) is 3.85. The number of allylic oxidation sites excluding steroid dienone is 1. The lowest BCUT2D eigenvalue weighted by atomic mass is 10.00. The van der Waals surface area contributed by atoms with Gasteiger partial charge in [0.15, 0.2) is 11.5 Å². The summed E-state index contributed by atoms with van der Waals surface area (Å²) in [7, 11) is 0. The monoisotopic (exact) mass is 349 g/mol. The predicted octanol–water partition coefficient (Wildman–Crippen LogP) is -0.455. The van der Waals surface area contributed by atoms with Crippen molar-refractivity contribution in [3.05, 3.63) is 47.2 Å². The molecule has 1 atom stereocenters. The van der Waals surface area contributed by atoms with E-state index in [1.165, 1.54) is 18.2 Å². The number of hydrogen-bond acceptors (Lipinski definition) is 5. The second-order valence-electron chi connectivity index (χ2n) is 5.77. The summed E-state index contributed by atoms with van der Waals surface area (Å²) in [6.45, 7) is 1.30. The fourth-order valence-electron chi connectivity index (χ4n) is 2.52. The van der Waals surface area contributed by atoms with E-state index in [0.717, 1.165) is 12.1 Å². The van der Waals surface area contributed by atoms with Gasteiger partial charge in [-0.05, 0) is 35.4 Å². The van der Waals surface area contributed by atoms with Crippen molar-refractivity contribution in [1.82, 2.24) is 5.32 Å². The fraction of sp³-hybridized carbons (Fsp3) is 0.294. The van der Waals surface area contributed by atoms with Crippen molar-refractivity contribution in [3.8, 4) is 11.5 Å². The number of phenols is 2. The Labute approximate surface area is 144 Å². The van der Waals surface area contributed by atoms with Crippen LogP contribution in [0.25, 0.3) is 0 Å². The van der Waals surface area contributed by atoms with E-state index in [9.17, 15) is 19.8 Å². The van der Waals surface area contributed by atoms with Gasteiger partial charge in [0.2, 0.25) is 0 Å². The molecule has 0 aliphatic carbocycles. The summed E-state index contributed by atoms with van der Waals surface area (Å²) in [6, 6.07) is 3.73. The van der Waals surface area contributed by atoms with Gasteiger partial charge in [-0.15, -0.1) is 0 Å². The topological polar surface area (TPSA) is 144 Å². The van der Waals surface area contributed by atoms with Crippen molar-refractivity contribution >= 4 is 11.9 Å². The Hall–Kier alpha value is -3.00. The molecule has 1 aromatic carbocycles. The quantitative estimate of drug-likeness (QED) is 0.289. The van der Waals surface area contributed by atoms with E-state index >= 15 is 0 Å². The van der Waals surface area contributed by atoms with Crippen molar-refractivity contribution in [2.75, 3.05) is 13.1 Å². The zero-order valence-electron chi connectivity index (χ0n) is 13.5. The average molecular weight is 349 g/mol. The molecule has 0 fully saturated rings. The number of aliphatic carboxylic acids is 2. The summed E-state index contributed by atoms with van der Waals surface area (Å²) in [5.74, 6) is -2.58. The Balaban J connectivity index is 1.87. The maximum absolute atomic E-state index is 11.1. The molecule has 0 spiro atoms. The van der Waals surface area contributed by atoms with Crippen LogP contribution >= 0.6 is 0 Å². The summed E-state index contributed by atoms with van der Waals surface area (Å²) < 4.78 is 0. The van der Waals surface area contributed by atoms with Crippen LogP contribution in [0.3, 0.4) is 0 Å². The summed E-state index contributed by atoms with van der Waals surface area (Å²) in [6.07, 6.45) is 4.18. The van der Waals surface area contributed by atoms with Crippen LogP contribution < -0.4 is 10.6 Å². The number of rotatable bonds is 7. The zero-order valence-corrected chi connectivity index (χ0v) is 13.5. The first-order valence-corrected chi connectivity index (χ1v) is 7.82. The molecule has 0 bridgehead atoms. The SMILES string of the molecule is O=C(O)C1=C/C(=C/C[NH2+]CCc2ccc(O)c(O)c2)C[C@H](C(=O)O)N1. The van der Waals surface area contributed by atoms with Crippen LogP contribution in [0.2, 0.25) is 0 Å². The number of nitrogens with one attached hydrogen (secondary N) is 1. The van der Waals surface area contributed by atoms with Crippen molar-refractivity contribution in [3.63, 3.8) is 0 Å². The summed E-state index contributed by atoms with van der Waals surface area (Å²) in [4.78, 5) is 22.2. The lowest BCUT2D eigenvalue weighted by molar-refractivity contribution is -0.645. The standard InChI is InChI=1S/C17H20N2O6/c20-14-2-1-10(9-15(14)21)3-5-18-6-4-11-7-12(16(22)23)19-13(8-11)17(24)25/h1-2,4,7,9,13,18-21H,3,5-6,8H2,(H,22,23)(H,24,25)/p+1/b11-4-/t13-/m1/s1. The molecule has 1 aromatic rings. The van der Waals surface area contributed by atoms with Gasteiger partial charge >= 0.3 is 11.9 Å². The Kier molecular flexibility index (Phi) is 6.02. The van der Waals surface area contributed by atoms with E-state index in [4.69, 9.17) is 10.2 Å². The molecule has 134 valence electrons. The number of carboxylic acids is 2. The highest BCUT2D eigenvalue weighted by molar-refractivity contribution is 5.89. The molecule has 1 aliphatic rings. The van der Waals surface area contributed by atoms with Gasteiger partial charge in [-0.2, -0.15) is 0 Å². The largest absolute Gasteiger partial charge is 0.504 e. The molecule has 1 aliphatic heterocycles. The second-order valence-corrected chi connectivity index (χ2v) is 5.77. The van der Waals surface area contributed by atoms with Crippen LogP contribution in [0.1, 0.15) is 12.0 Å². The molecule has 8 heteroatoms. The van der Waals surface area contributed by atoms with Gasteiger partial charge < -0.3 is 31.1 Å². The minimum absolute atomic E-state index is 0.121. The molecule has 0 saturated carbocycles. The molecular weight excluding hydrogens is 328 g/mol. The highest BCUT2D eigenvalue weighted by atomic mass is 16.4. The van der Waals surface area contributed by atoms with Gasteiger partial charge in [-0.25, -0.2) is 9.59 Å². The highest BCUT2D eigenvalue weighted by Crippen LogP contribution is 2.24. The second kappa shape index (κ2) is 8.20. The fourth-order valence-corrected chi connectivity index (χ4v) is 2.52. The van der Waals surface area contributed by atoms with Gasteiger partial charge in [-0.1, -0.05) is 6.07 Å². The number of hydrogen-bond donors (Lipinski definition) is 6. The van der Waals surface area contributed by atoms with Crippen LogP contribution in [0, 0.1) is 0 Å². The van der Waals surface area contributed by atoms with Gasteiger partial charge in [0, 0.05) is 12.8 Å². The molecule has 7 N–H and O–H groups in total. The third kappa shape index (κ3) is 5.25. The number of nitrogens with two attached hydrogens (primary N) is 1. The summed E-state index contributed by atoms with van der Waals surface area (Å²) in [5.41, 5.74) is 1.44. The number of phenolic OH excluding ortho intramolecular Hbond substituents is 2. The van der Waals surface area contributed by atoms with Crippen LogP contribution in [-0.2, 0) is 16.0 Å². The zero-order chi connectivity index (χ0) is 18.4. The number of benzene rings is 1. The molecule has 8 nitrogen and oxygen atoms in total. The normalized spacial score (nSPS) is 18.5. The number of aromatic hydroxyl groups is 2. The molecule has 0 unspecified atom stereocenters. The average Bonchev–Trinajstić information content (AvgIpc) is 2.57. The van der Waals surface area contributed by atoms with Gasteiger partial charge in [-0.3, -0.25) is 0 Å². The number of carboxylic acid groups (broad SMARTS) is 2. The Morgan fingerprint density at radius 3 is 2.64 bits per heavy atom. The minimum Gasteiger partial charge on any atom is -0.504 e. The van der Waals surface area contributed by atoms with Crippen LogP contribution in [-0.4, -0.2) is 51.5 Å². The van der Waals surface area contributed by atoms with Crippen LogP contribution in [0.4, 0.5) is 0 Å². The lowest BCUT2D eigenvalue weighted by Gasteiger charge is -2.21. The van der Waals surface area contributed by atoms with Crippen LogP contribution in [0.5, 0.6) is 11.5 Å². The Bertz CT molecular complexity index is 726. The van der Waals surface area contributed by atoms with E-state index in [0.29, 0.717) is 18.5 Å². The molecule has 1 heterocycles. The van der Waals surface area contributed by atoms with E-state index in [1.54, 1.807) is 6.07 Å². The summed E-state index contributed by atoms with van der Waals surface area (Å²) in [5, 5.41) is 41.3. The van der Waals surface area contributed by atoms with Gasteiger partial charge in [0.05, 0.1) is 13.1 Å². The predicted molar refractivity (Wildman–Crippen MR) is 88.1 cm³/mol. The van der Waals surface area contributed by atoms with Gasteiger partial charge in [0.1, 0.15) is 11.7 Å². The highest BCUT2D eigenvalue weighted by Gasteiger charge is 2.26. The molecule has 0 aromatic heterocycles. The molecule has 0 saturated heterocycles. The first-order chi connectivity index (χ1) is 11.9. The minimum atomic E-state index is -1.19. The maximum Gasteiger partial charge on any atom is 0.351 e. The van der Waals surface area contributed by atoms with Crippen molar-refractivity contribution < 1.29 is 35.3 Å². The first kappa shape index (κ1) is 18.3. The number of quaternary nitrogens is 1. The molecule has 0 radical (unpaired) electrons. The van der Waals surface area contributed by atoms with E-state index < -0.39 is 18.0 Å². The third-order valence-electron chi connectivity index (χ3n) is 3.85. The van der Waals surface area contributed by atoms with E-state index in [2.05, 4.69) is 5.32 Å². The Morgan fingerprint density at radius 2 is 2.00 bits per heavy atom. The number of carbonyl (C=O) groups is 2. The molecular formula is C17H21N2O6+. The van der Waals surface area contributed by atoms with E-state index in [1.807, 2.05) is 11.4 Å². The summed E-state index contributed by atoms with van der Waals surface area (Å²) >= 11 is 0.